The standard InChI is InChI=1S/C28H30N4O4/c1-20(33)27-29-12-15-32(27)19-25-18-26(36-30-25)23-6-4-21(5-7-23)2-3-22-8-13-31(14-9-22)28(34)24-10-16-35-17-11-24/h4-8,12,15,18,20,24,33H,9-11,13-14,16-17,19H2,1H3/t20-/m0/s1. The zero-order valence-corrected chi connectivity index (χ0v) is 20.4. The fourth-order valence-corrected chi connectivity index (χ4v) is 4.58. The molecule has 186 valence electrons. The SMILES string of the molecule is C[C@H](O)c1nccn1Cc1cc(-c2ccc(C#CC3=CCN(C(=O)C4CCOCC4)CC3)cc2)on1. The lowest BCUT2D eigenvalue weighted by atomic mass is 9.97. The highest BCUT2D eigenvalue weighted by molar-refractivity contribution is 5.79. The summed E-state index contributed by atoms with van der Waals surface area (Å²) in [5.74, 6) is 8.12. The molecule has 8 heteroatoms. The second-order valence-electron chi connectivity index (χ2n) is 9.25. The van der Waals surface area contributed by atoms with E-state index in [2.05, 4.69) is 28.1 Å². The van der Waals surface area contributed by atoms with Crippen molar-refractivity contribution in [1.82, 2.24) is 19.6 Å². The first-order chi connectivity index (χ1) is 17.6. The van der Waals surface area contributed by atoms with Gasteiger partial charge in [0.25, 0.3) is 0 Å². The van der Waals surface area contributed by atoms with Gasteiger partial charge in [0.15, 0.2) is 5.76 Å². The number of rotatable bonds is 5. The van der Waals surface area contributed by atoms with Crippen molar-refractivity contribution in [1.29, 1.82) is 0 Å². The molecule has 0 radical (unpaired) electrons. The number of aliphatic hydroxyl groups is 1. The molecule has 2 aliphatic rings. The Morgan fingerprint density at radius 3 is 2.75 bits per heavy atom. The van der Waals surface area contributed by atoms with Crippen LogP contribution >= 0.6 is 0 Å². The second kappa shape index (κ2) is 10.9. The molecule has 1 amide bonds. The maximum atomic E-state index is 12.7. The van der Waals surface area contributed by atoms with Gasteiger partial charge in [0.1, 0.15) is 17.6 Å². The van der Waals surface area contributed by atoms with Crippen molar-refractivity contribution >= 4 is 5.91 Å². The molecular formula is C28H30N4O4. The fraction of sp³-hybridized carbons (Fsp3) is 0.393. The molecule has 0 saturated carbocycles. The Morgan fingerprint density at radius 1 is 1.22 bits per heavy atom. The molecular weight excluding hydrogens is 456 g/mol. The van der Waals surface area contributed by atoms with Crippen LogP contribution in [0, 0.1) is 17.8 Å². The maximum Gasteiger partial charge on any atom is 0.226 e. The number of nitrogens with zero attached hydrogens (tertiary/aromatic N) is 4. The Bertz CT molecular complexity index is 1290. The minimum Gasteiger partial charge on any atom is -0.385 e. The summed E-state index contributed by atoms with van der Waals surface area (Å²) in [6.07, 6.45) is 7.33. The second-order valence-corrected chi connectivity index (χ2v) is 9.25. The number of benzene rings is 1. The van der Waals surface area contributed by atoms with Gasteiger partial charge in [-0.1, -0.05) is 23.1 Å². The molecule has 0 bridgehead atoms. The Balaban J connectivity index is 1.18. The van der Waals surface area contributed by atoms with Crippen LogP contribution in [0.1, 0.15) is 49.4 Å². The minimum absolute atomic E-state index is 0.103. The fourth-order valence-electron chi connectivity index (χ4n) is 4.58. The lowest BCUT2D eigenvalue weighted by molar-refractivity contribution is -0.138. The van der Waals surface area contributed by atoms with Crippen LogP contribution in [0.2, 0.25) is 0 Å². The van der Waals surface area contributed by atoms with Gasteiger partial charge < -0.3 is 23.8 Å². The van der Waals surface area contributed by atoms with Crippen molar-refractivity contribution in [2.24, 2.45) is 5.92 Å². The number of amides is 1. The van der Waals surface area contributed by atoms with Gasteiger partial charge >= 0.3 is 0 Å². The predicted octanol–water partition coefficient (Wildman–Crippen LogP) is 3.58. The molecule has 5 rings (SSSR count). The van der Waals surface area contributed by atoms with Crippen LogP contribution in [0.4, 0.5) is 0 Å². The largest absolute Gasteiger partial charge is 0.385 e. The van der Waals surface area contributed by atoms with Crippen LogP contribution < -0.4 is 0 Å². The van der Waals surface area contributed by atoms with E-state index < -0.39 is 6.10 Å². The quantitative estimate of drug-likeness (QED) is 0.554. The van der Waals surface area contributed by atoms with Gasteiger partial charge in [-0.15, -0.1) is 0 Å². The molecule has 36 heavy (non-hydrogen) atoms. The molecule has 1 fully saturated rings. The average Bonchev–Trinajstić information content (AvgIpc) is 3.58. The number of hydrogen-bond donors (Lipinski definition) is 1. The summed E-state index contributed by atoms with van der Waals surface area (Å²) in [7, 11) is 0. The number of aromatic nitrogens is 3. The Morgan fingerprint density at radius 2 is 2.03 bits per heavy atom. The van der Waals surface area contributed by atoms with Crippen LogP contribution in [0.5, 0.6) is 0 Å². The van der Waals surface area contributed by atoms with Gasteiger partial charge in [0.05, 0.1) is 6.54 Å². The van der Waals surface area contributed by atoms with Crippen molar-refractivity contribution in [3.63, 3.8) is 0 Å². The highest BCUT2D eigenvalue weighted by Crippen LogP contribution is 2.23. The van der Waals surface area contributed by atoms with E-state index in [1.807, 2.05) is 46.0 Å². The third-order valence-corrected chi connectivity index (χ3v) is 6.64. The first-order valence-electron chi connectivity index (χ1n) is 12.4. The molecule has 0 aliphatic carbocycles. The zero-order valence-electron chi connectivity index (χ0n) is 20.4. The Labute approximate surface area is 210 Å². The van der Waals surface area contributed by atoms with Crippen LogP contribution in [0.15, 0.2) is 58.9 Å². The predicted molar refractivity (Wildman–Crippen MR) is 134 cm³/mol. The Kier molecular flexibility index (Phi) is 7.31. The molecule has 1 aromatic carbocycles. The van der Waals surface area contributed by atoms with Gasteiger partial charge in [-0.05, 0) is 50.5 Å². The van der Waals surface area contributed by atoms with Crippen molar-refractivity contribution in [3.05, 3.63) is 71.5 Å². The minimum atomic E-state index is -0.650. The van der Waals surface area contributed by atoms with E-state index in [9.17, 15) is 9.90 Å². The number of carbonyl (C=O) groups excluding carboxylic acids is 1. The van der Waals surface area contributed by atoms with E-state index in [0.717, 1.165) is 48.2 Å². The first kappa shape index (κ1) is 24.0. The Hall–Kier alpha value is -3.67. The normalized spacial score (nSPS) is 17.3. The monoisotopic (exact) mass is 486 g/mol. The third kappa shape index (κ3) is 5.59. The smallest absolute Gasteiger partial charge is 0.226 e. The van der Waals surface area contributed by atoms with Crippen molar-refractivity contribution < 1.29 is 19.2 Å². The summed E-state index contributed by atoms with van der Waals surface area (Å²) in [4.78, 5) is 18.8. The van der Waals surface area contributed by atoms with E-state index in [0.29, 0.717) is 37.9 Å². The average molecular weight is 487 g/mol. The lowest BCUT2D eigenvalue weighted by Gasteiger charge is -2.30. The molecule has 1 saturated heterocycles. The van der Waals surface area contributed by atoms with Gasteiger partial charge in [-0.25, -0.2) is 4.98 Å². The summed E-state index contributed by atoms with van der Waals surface area (Å²) < 4.78 is 12.8. The van der Waals surface area contributed by atoms with Gasteiger partial charge in [-0.2, -0.15) is 0 Å². The molecule has 2 aliphatic heterocycles. The maximum absolute atomic E-state index is 12.7. The topological polar surface area (TPSA) is 93.6 Å². The van der Waals surface area contributed by atoms with Crippen molar-refractivity contribution in [2.45, 2.75) is 38.8 Å². The van der Waals surface area contributed by atoms with Crippen LogP contribution in [-0.4, -0.2) is 56.9 Å². The van der Waals surface area contributed by atoms with Crippen molar-refractivity contribution in [2.75, 3.05) is 26.3 Å². The summed E-state index contributed by atoms with van der Waals surface area (Å²) in [6.45, 7) is 4.88. The van der Waals surface area contributed by atoms with E-state index >= 15 is 0 Å². The summed E-state index contributed by atoms with van der Waals surface area (Å²) in [5.41, 5.74) is 3.66. The molecule has 2 aromatic heterocycles. The van der Waals surface area contributed by atoms with Crippen LogP contribution in [-0.2, 0) is 16.1 Å². The van der Waals surface area contributed by atoms with E-state index in [4.69, 9.17) is 9.26 Å². The number of aliphatic hydroxyl groups excluding tert-OH is 1. The van der Waals surface area contributed by atoms with E-state index in [1.165, 1.54) is 0 Å². The highest BCUT2D eigenvalue weighted by Gasteiger charge is 2.27. The molecule has 3 aromatic rings. The molecule has 0 spiro atoms. The van der Waals surface area contributed by atoms with Gasteiger partial charge in [0, 0.05) is 67.4 Å². The number of hydrogen-bond acceptors (Lipinski definition) is 6. The third-order valence-electron chi connectivity index (χ3n) is 6.64. The lowest BCUT2D eigenvalue weighted by Crippen LogP contribution is -2.40. The zero-order chi connectivity index (χ0) is 24.9. The summed E-state index contributed by atoms with van der Waals surface area (Å²) in [6, 6.07) is 9.77. The molecule has 1 atom stereocenters. The van der Waals surface area contributed by atoms with Gasteiger partial charge in [0.2, 0.25) is 5.91 Å². The first-order valence-corrected chi connectivity index (χ1v) is 12.4. The summed E-state index contributed by atoms with van der Waals surface area (Å²) in [5, 5.41) is 14.0. The highest BCUT2D eigenvalue weighted by atomic mass is 16.5. The van der Waals surface area contributed by atoms with Crippen LogP contribution in [0.25, 0.3) is 11.3 Å². The number of imidazole rings is 1. The number of ether oxygens (including phenoxy) is 1. The number of carbonyl (C=O) groups is 1. The van der Waals surface area contributed by atoms with E-state index in [1.54, 1.807) is 13.1 Å². The van der Waals surface area contributed by atoms with Crippen LogP contribution in [0.3, 0.4) is 0 Å². The molecule has 4 heterocycles. The molecule has 8 nitrogen and oxygen atoms in total. The van der Waals surface area contributed by atoms with Crippen molar-refractivity contribution in [3.8, 4) is 23.2 Å². The summed E-state index contributed by atoms with van der Waals surface area (Å²) >= 11 is 0. The van der Waals surface area contributed by atoms with Gasteiger partial charge in [-0.3, -0.25) is 4.79 Å². The molecule has 1 N–H and O–H groups in total. The van der Waals surface area contributed by atoms with E-state index in [-0.39, 0.29) is 11.8 Å². The molecule has 0 unspecified atom stereocenters.